The van der Waals surface area contributed by atoms with E-state index in [0.29, 0.717) is 0 Å². The van der Waals surface area contributed by atoms with Crippen molar-refractivity contribution in [3.63, 3.8) is 0 Å². The average molecular weight is 367 g/mol. The Morgan fingerprint density at radius 2 is 1.69 bits per heavy atom. The van der Waals surface area contributed by atoms with Crippen LogP contribution in [0.2, 0.25) is 0 Å². The molecule has 0 spiro atoms. The standard InChI is InChI=1S/C19H29NO6/c1-11-7-12(2)14(13(3)8-11)10-25-17(23)16(15(22)9-21)20-18(24)26-19(4,5)6/h7-8,15-16,21-22H,9-10H2,1-6H3,(H,20,24)/t15-,16+/m0/s1. The molecule has 0 aliphatic rings. The maximum Gasteiger partial charge on any atom is 0.408 e. The van der Waals surface area contributed by atoms with Crippen LogP contribution in [-0.2, 0) is 20.9 Å². The largest absolute Gasteiger partial charge is 0.459 e. The maximum atomic E-state index is 12.3. The summed E-state index contributed by atoms with van der Waals surface area (Å²) in [6, 6.07) is 2.53. The molecule has 146 valence electrons. The second-order valence-electron chi connectivity index (χ2n) is 7.36. The van der Waals surface area contributed by atoms with Gasteiger partial charge in [0, 0.05) is 0 Å². The summed E-state index contributed by atoms with van der Waals surface area (Å²) < 4.78 is 10.3. The van der Waals surface area contributed by atoms with Gasteiger partial charge in [0.25, 0.3) is 0 Å². The van der Waals surface area contributed by atoms with Crippen LogP contribution in [0.15, 0.2) is 12.1 Å². The van der Waals surface area contributed by atoms with E-state index in [-0.39, 0.29) is 6.61 Å². The smallest absolute Gasteiger partial charge is 0.408 e. The van der Waals surface area contributed by atoms with Crippen LogP contribution in [-0.4, -0.2) is 46.6 Å². The zero-order valence-corrected chi connectivity index (χ0v) is 16.3. The molecule has 7 nitrogen and oxygen atoms in total. The van der Waals surface area contributed by atoms with Crippen LogP contribution < -0.4 is 5.32 Å². The third-order valence-corrected chi connectivity index (χ3v) is 3.70. The van der Waals surface area contributed by atoms with Crippen molar-refractivity contribution in [1.29, 1.82) is 0 Å². The van der Waals surface area contributed by atoms with Crippen molar-refractivity contribution in [3.05, 3.63) is 34.4 Å². The van der Waals surface area contributed by atoms with Crippen LogP contribution in [0, 0.1) is 20.8 Å². The molecule has 0 aliphatic carbocycles. The van der Waals surface area contributed by atoms with E-state index >= 15 is 0 Å². The van der Waals surface area contributed by atoms with Crippen molar-refractivity contribution in [3.8, 4) is 0 Å². The number of aliphatic hydroxyl groups excluding tert-OH is 2. The Balaban J connectivity index is 2.83. The van der Waals surface area contributed by atoms with Gasteiger partial charge in [-0.25, -0.2) is 9.59 Å². The predicted molar refractivity (Wildman–Crippen MR) is 96.7 cm³/mol. The summed E-state index contributed by atoms with van der Waals surface area (Å²) in [6.45, 7) is 10.1. The van der Waals surface area contributed by atoms with Gasteiger partial charge in [-0.05, 0) is 58.2 Å². The number of aliphatic hydroxyl groups is 2. The summed E-state index contributed by atoms with van der Waals surface area (Å²) in [7, 11) is 0. The number of ether oxygens (including phenoxy) is 2. The molecule has 1 aromatic rings. The number of aryl methyl sites for hydroxylation is 3. The monoisotopic (exact) mass is 367 g/mol. The lowest BCUT2D eigenvalue weighted by atomic mass is 10.0. The highest BCUT2D eigenvalue weighted by molar-refractivity contribution is 5.82. The third kappa shape index (κ3) is 6.65. The summed E-state index contributed by atoms with van der Waals surface area (Å²) in [4.78, 5) is 24.2. The second-order valence-corrected chi connectivity index (χ2v) is 7.36. The van der Waals surface area contributed by atoms with E-state index in [4.69, 9.17) is 14.6 Å². The highest BCUT2D eigenvalue weighted by Gasteiger charge is 2.31. The van der Waals surface area contributed by atoms with Gasteiger partial charge in [0.15, 0.2) is 6.04 Å². The molecule has 0 bridgehead atoms. The minimum atomic E-state index is -1.50. The Kier molecular flexibility index (Phi) is 7.59. The molecule has 7 heteroatoms. The molecule has 26 heavy (non-hydrogen) atoms. The zero-order valence-electron chi connectivity index (χ0n) is 16.3. The van der Waals surface area contributed by atoms with Crippen LogP contribution in [0.4, 0.5) is 4.79 Å². The van der Waals surface area contributed by atoms with Crippen molar-refractivity contribution in [2.75, 3.05) is 6.61 Å². The minimum Gasteiger partial charge on any atom is -0.459 e. The molecule has 3 N–H and O–H groups in total. The topological polar surface area (TPSA) is 105 Å². The molecule has 0 saturated carbocycles. The number of alkyl carbamates (subject to hydrolysis) is 1. The van der Waals surface area contributed by atoms with Crippen LogP contribution in [0.25, 0.3) is 0 Å². The fraction of sp³-hybridized carbons (Fsp3) is 0.579. The van der Waals surface area contributed by atoms with E-state index in [1.165, 1.54) is 0 Å². The molecule has 0 heterocycles. The first-order valence-electron chi connectivity index (χ1n) is 8.46. The van der Waals surface area contributed by atoms with Crippen LogP contribution >= 0.6 is 0 Å². The minimum absolute atomic E-state index is 0.00142. The lowest BCUT2D eigenvalue weighted by Crippen LogP contribution is -2.52. The van der Waals surface area contributed by atoms with E-state index in [9.17, 15) is 14.7 Å². The number of esters is 1. The highest BCUT2D eigenvalue weighted by Crippen LogP contribution is 2.18. The number of hydrogen-bond donors (Lipinski definition) is 3. The molecule has 0 fully saturated rings. The lowest BCUT2D eigenvalue weighted by molar-refractivity contribution is -0.151. The first-order chi connectivity index (χ1) is 11.9. The average Bonchev–Trinajstić information content (AvgIpc) is 2.48. The number of benzene rings is 1. The first kappa shape index (κ1) is 21.9. The fourth-order valence-electron chi connectivity index (χ4n) is 2.52. The number of rotatable bonds is 6. The SMILES string of the molecule is Cc1cc(C)c(COC(=O)[C@H](NC(=O)OC(C)(C)C)[C@@H](O)CO)c(C)c1. The molecule has 0 aliphatic heterocycles. The van der Waals surface area contributed by atoms with Crippen molar-refractivity contribution in [2.45, 2.75) is 65.9 Å². The summed E-state index contributed by atoms with van der Waals surface area (Å²) in [5, 5.41) is 21.3. The molecule has 0 saturated heterocycles. The van der Waals surface area contributed by atoms with E-state index in [1.54, 1.807) is 20.8 Å². The van der Waals surface area contributed by atoms with Crippen molar-refractivity contribution in [1.82, 2.24) is 5.32 Å². The van der Waals surface area contributed by atoms with Gasteiger partial charge >= 0.3 is 12.1 Å². The molecule has 1 rings (SSSR count). The summed E-state index contributed by atoms with van der Waals surface area (Å²) in [5.74, 6) is -0.850. The summed E-state index contributed by atoms with van der Waals surface area (Å²) in [5.41, 5.74) is 3.16. The Morgan fingerprint density at radius 3 is 2.15 bits per heavy atom. The third-order valence-electron chi connectivity index (χ3n) is 3.70. The van der Waals surface area contributed by atoms with Crippen molar-refractivity contribution < 1.29 is 29.3 Å². The fourth-order valence-corrected chi connectivity index (χ4v) is 2.52. The van der Waals surface area contributed by atoms with Gasteiger partial charge in [0.1, 0.15) is 18.3 Å². The number of nitrogens with one attached hydrogen (secondary N) is 1. The molecule has 0 unspecified atom stereocenters. The van der Waals surface area contributed by atoms with Gasteiger partial charge in [-0.15, -0.1) is 0 Å². The van der Waals surface area contributed by atoms with Gasteiger partial charge in [-0.1, -0.05) is 17.7 Å². The Morgan fingerprint density at radius 1 is 1.15 bits per heavy atom. The molecule has 0 radical (unpaired) electrons. The molecule has 0 aromatic heterocycles. The van der Waals surface area contributed by atoms with E-state index in [0.717, 1.165) is 22.3 Å². The Labute approximate surface area is 154 Å². The van der Waals surface area contributed by atoms with E-state index < -0.39 is 36.4 Å². The van der Waals surface area contributed by atoms with Gasteiger partial charge in [-0.3, -0.25) is 0 Å². The summed E-state index contributed by atoms with van der Waals surface area (Å²) >= 11 is 0. The molecule has 1 amide bonds. The number of amides is 1. The van der Waals surface area contributed by atoms with Gasteiger partial charge in [-0.2, -0.15) is 0 Å². The van der Waals surface area contributed by atoms with Gasteiger partial charge in [0.05, 0.1) is 6.61 Å². The molecule has 1 aromatic carbocycles. The van der Waals surface area contributed by atoms with Crippen molar-refractivity contribution >= 4 is 12.1 Å². The lowest BCUT2D eigenvalue weighted by Gasteiger charge is -2.25. The highest BCUT2D eigenvalue weighted by atomic mass is 16.6. The van der Waals surface area contributed by atoms with Crippen LogP contribution in [0.3, 0.4) is 0 Å². The van der Waals surface area contributed by atoms with Crippen molar-refractivity contribution in [2.24, 2.45) is 0 Å². The quantitative estimate of drug-likeness (QED) is 0.663. The Hall–Kier alpha value is -2.12. The molecule has 2 atom stereocenters. The molecular weight excluding hydrogens is 338 g/mol. The Bertz CT molecular complexity index is 627. The van der Waals surface area contributed by atoms with E-state index in [1.807, 2.05) is 32.9 Å². The summed E-state index contributed by atoms with van der Waals surface area (Å²) in [6.07, 6.45) is -2.38. The normalized spacial score (nSPS) is 13.7. The maximum absolute atomic E-state index is 12.3. The van der Waals surface area contributed by atoms with Gasteiger partial charge in [0.2, 0.25) is 0 Å². The molecular formula is C19H29NO6. The van der Waals surface area contributed by atoms with Crippen LogP contribution in [0.1, 0.15) is 43.0 Å². The zero-order chi connectivity index (χ0) is 20.1. The number of carbonyl (C=O) groups excluding carboxylic acids is 2. The van der Waals surface area contributed by atoms with E-state index in [2.05, 4.69) is 5.32 Å². The predicted octanol–water partition coefficient (Wildman–Crippen LogP) is 1.90. The second kappa shape index (κ2) is 9.00. The van der Waals surface area contributed by atoms with Crippen LogP contribution in [0.5, 0.6) is 0 Å². The van der Waals surface area contributed by atoms with Gasteiger partial charge < -0.3 is 25.0 Å². The number of hydrogen-bond acceptors (Lipinski definition) is 6. The number of carbonyl (C=O) groups is 2. The first-order valence-corrected chi connectivity index (χ1v) is 8.46.